The minimum absolute atomic E-state index is 0.350. The van der Waals surface area contributed by atoms with Crippen molar-refractivity contribution in [3.8, 4) is 0 Å². The maximum Gasteiger partial charge on any atom is 0.193 e. The number of benzene rings is 2. The Morgan fingerprint density at radius 2 is 0.967 bits per heavy atom. The van der Waals surface area contributed by atoms with Crippen LogP contribution < -0.4 is 0 Å². The fourth-order valence-electron chi connectivity index (χ4n) is 2.79. The summed E-state index contributed by atoms with van der Waals surface area (Å²) in [5, 5.41) is 19.7. The molecule has 0 aliphatic heterocycles. The van der Waals surface area contributed by atoms with Gasteiger partial charge in [-0.25, -0.2) is 0 Å². The first kappa shape index (κ1) is 25.7. The lowest BCUT2D eigenvalue weighted by Crippen LogP contribution is -2.31. The smallest absolute Gasteiger partial charge is 0.193 e. The number of rotatable bonds is 7. The molecule has 0 atom stereocenters. The Kier molecular flexibility index (Phi) is 9.06. The zero-order valence-electron chi connectivity index (χ0n) is 18.7. The Balaban J connectivity index is 0.00000141. The molecular formula is C24H32O6. The van der Waals surface area contributed by atoms with Crippen LogP contribution in [0.1, 0.15) is 65.6 Å². The molecule has 0 amide bonds. The van der Waals surface area contributed by atoms with Crippen LogP contribution in [0.25, 0.3) is 0 Å². The van der Waals surface area contributed by atoms with Crippen LogP contribution in [0.5, 0.6) is 0 Å². The van der Waals surface area contributed by atoms with Crippen molar-refractivity contribution >= 4 is 11.6 Å². The van der Waals surface area contributed by atoms with E-state index in [0.29, 0.717) is 11.1 Å². The fraction of sp³-hybridized carbons (Fsp3) is 0.417. The van der Waals surface area contributed by atoms with Crippen LogP contribution in [0.2, 0.25) is 0 Å². The molecule has 2 aromatic carbocycles. The summed E-state index contributed by atoms with van der Waals surface area (Å²) in [5.41, 5.74) is -0.326. The fourth-order valence-corrected chi connectivity index (χ4v) is 2.79. The van der Waals surface area contributed by atoms with Crippen molar-refractivity contribution in [2.24, 2.45) is 0 Å². The SMILES string of the molecule is COC.COC(c1ccc(C(=O)C(C)(C)O)cc1)c1ccc(C(=O)C(C)(C)O)cc1. The van der Waals surface area contributed by atoms with Crippen molar-refractivity contribution in [2.75, 3.05) is 21.3 Å². The molecule has 2 N–H and O–H groups in total. The molecule has 0 aliphatic rings. The predicted octanol–water partition coefficient (Wildman–Crippen LogP) is 3.59. The zero-order valence-corrected chi connectivity index (χ0v) is 18.7. The third kappa shape index (κ3) is 6.85. The van der Waals surface area contributed by atoms with Crippen LogP contribution in [0.3, 0.4) is 0 Å². The van der Waals surface area contributed by atoms with E-state index in [1.807, 2.05) is 0 Å². The lowest BCUT2D eigenvalue weighted by molar-refractivity contribution is 0.0487. The first-order valence-electron chi connectivity index (χ1n) is 9.54. The monoisotopic (exact) mass is 416 g/mol. The first-order chi connectivity index (χ1) is 13.9. The summed E-state index contributed by atoms with van der Waals surface area (Å²) in [4.78, 5) is 24.3. The van der Waals surface area contributed by atoms with Gasteiger partial charge in [-0.15, -0.1) is 0 Å². The second-order valence-corrected chi connectivity index (χ2v) is 8.04. The summed E-state index contributed by atoms with van der Waals surface area (Å²) in [5.74, 6) is -0.699. The van der Waals surface area contributed by atoms with Gasteiger partial charge in [0, 0.05) is 32.5 Å². The van der Waals surface area contributed by atoms with E-state index in [4.69, 9.17) is 4.74 Å². The van der Waals surface area contributed by atoms with Crippen molar-refractivity contribution in [3.63, 3.8) is 0 Å². The molecule has 2 aromatic rings. The van der Waals surface area contributed by atoms with Gasteiger partial charge in [0.1, 0.15) is 17.3 Å². The highest BCUT2D eigenvalue weighted by Crippen LogP contribution is 2.27. The molecule has 2 rings (SSSR count). The van der Waals surface area contributed by atoms with Gasteiger partial charge in [-0.05, 0) is 38.8 Å². The summed E-state index contributed by atoms with van der Waals surface area (Å²) in [7, 11) is 4.83. The largest absolute Gasteiger partial charge is 0.388 e. The average molecular weight is 417 g/mol. The molecule has 0 fully saturated rings. The van der Waals surface area contributed by atoms with Crippen LogP contribution in [-0.4, -0.2) is 54.3 Å². The number of ether oxygens (including phenoxy) is 2. The Labute approximate surface area is 178 Å². The highest BCUT2D eigenvalue weighted by molar-refractivity contribution is 6.02. The molecule has 0 aromatic heterocycles. The van der Waals surface area contributed by atoms with Gasteiger partial charge in [0.25, 0.3) is 0 Å². The minimum atomic E-state index is -1.43. The van der Waals surface area contributed by atoms with Crippen molar-refractivity contribution in [1.29, 1.82) is 0 Å². The molecule has 6 nitrogen and oxygen atoms in total. The molecule has 30 heavy (non-hydrogen) atoms. The summed E-state index contributed by atoms with van der Waals surface area (Å²) >= 11 is 0. The number of carbonyl (C=O) groups excluding carboxylic acids is 2. The molecule has 0 saturated heterocycles. The molecule has 0 heterocycles. The van der Waals surface area contributed by atoms with Crippen LogP contribution in [0, 0.1) is 0 Å². The summed E-state index contributed by atoms with van der Waals surface area (Å²) in [6.07, 6.45) is -0.373. The standard InChI is InChI=1S/C22H26O5.C2H6O/c1-21(2,25)19(23)16-10-6-14(7-11-16)18(27-5)15-8-12-17(13-9-15)20(24)22(3,4)26;1-3-2/h6-13,18,25-26H,1-5H3;1-2H3. The second-order valence-electron chi connectivity index (χ2n) is 8.04. The summed E-state index contributed by atoms with van der Waals surface area (Å²) in [6.45, 7) is 5.82. The topological polar surface area (TPSA) is 93.1 Å². The number of hydrogen-bond acceptors (Lipinski definition) is 6. The van der Waals surface area contributed by atoms with Gasteiger partial charge >= 0.3 is 0 Å². The lowest BCUT2D eigenvalue weighted by atomic mass is 9.92. The zero-order chi connectivity index (χ0) is 23.1. The quantitative estimate of drug-likeness (QED) is 0.670. The number of aliphatic hydroxyl groups is 2. The first-order valence-corrected chi connectivity index (χ1v) is 9.54. The molecule has 0 spiro atoms. The number of carbonyl (C=O) groups is 2. The van der Waals surface area contributed by atoms with E-state index in [9.17, 15) is 19.8 Å². The molecule has 0 aliphatic carbocycles. The van der Waals surface area contributed by atoms with Gasteiger partial charge in [-0.2, -0.15) is 0 Å². The van der Waals surface area contributed by atoms with Crippen molar-refractivity contribution in [3.05, 3.63) is 70.8 Å². The van der Waals surface area contributed by atoms with E-state index < -0.39 is 11.2 Å². The van der Waals surface area contributed by atoms with Crippen LogP contribution in [0.15, 0.2) is 48.5 Å². The molecule has 6 heteroatoms. The Hall–Kier alpha value is -2.38. The van der Waals surface area contributed by atoms with E-state index >= 15 is 0 Å². The van der Waals surface area contributed by atoms with Gasteiger partial charge in [-0.1, -0.05) is 48.5 Å². The summed E-state index contributed by atoms with van der Waals surface area (Å²) < 4.78 is 9.84. The van der Waals surface area contributed by atoms with E-state index in [0.717, 1.165) is 11.1 Å². The summed E-state index contributed by atoms with van der Waals surface area (Å²) in [6, 6.07) is 13.8. The minimum Gasteiger partial charge on any atom is -0.388 e. The second kappa shape index (κ2) is 10.6. The van der Waals surface area contributed by atoms with Crippen LogP contribution in [0.4, 0.5) is 0 Å². The maximum atomic E-state index is 12.1. The Morgan fingerprint density at radius 3 is 1.17 bits per heavy atom. The number of ketones is 2. The molecule has 164 valence electrons. The van der Waals surface area contributed by atoms with Gasteiger partial charge < -0.3 is 19.7 Å². The van der Waals surface area contributed by atoms with Gasteiger partial charge in [0.2, 0.25) is 0 Å². The van der Waals surface area contributed by atoms with Crippen molar-refractivity contribution in [1.82, 2.24) is 0 Å². The molecule has 0 unspecified atom stereocenters. The van der Waals surface area contributed by atoms with Crippen LogP contribution in [-0.2, 0) is 9.47 Å². The van der Waals surface area contributed by atoms with Gasteiger partial charge in [-0.3, -0.25) is 9.59 Å². The Morgan fingerprint density at radius 1 is 0.700 bits per heavy atom. The van der Waals surface area contributed by atoms with E-state index in [1.54, 1.807) is 69.9 Å². The average Bonchev–Trinajstić information content (AvgIpc) is 2.68. The Bertz CT molecular complexity index is 754. The molecule has 0 saturated carbocycles. The highest BCUT2D eigenvalue weighted by atomic mass is 16.5. The van der Waals surface area contributed by atoms with Gasteiger partial charge in [0.15, 0.2) is 11.6 Å². The third-order valence-corrected chi connectivity index (χ3v) is 4.30. The molecular weight excluding hydrogens is 384 g/mol. The van der Waals surface area contributed by atoms with Gasteiger partial charge in [0.05, 0.1) is 0 Å². The third-order valence-electron chi connectivity index (χ3n) is 4.30. The normalized spacial score (nSPS) is 11.7. The van der Waals surface area contributed by atoms with Crippen molar-refractivity contribution in [2.45, 2.75) is 45.0 Å². The molecule has 0 radical (unpaired) electrons. The highest BCUT2D eigenvalue weighted by Gasteiger charge is 2.26. The maximum absolute atomic E-state index is 12.1. The predicted molar refractivity (Wildman–Crippen MR) is 116 cm³/mol. The van der Waals surface area contributed by atoms with Crippen molar-refractivity contribution < 1.29 is 29.3 Å². The van der Waals surface area contributed by atoms with E-state index in [1.165, 1.54) is 27.7 Å². The number of Topliss-reactive ketones (excluding diaryl/α,β-unsaturated/α-hetero) is 2. The number of methoxy groups -OCH3 is 2. The lowest BCUT2D eigenvalue weighted by Gasteiger charge is -2.19. The van der Waals surface area contributed by atoms with Crippen LogP contribution >= 0.6 is 0 Å². The number of hydrogen-bond donors (Lipinski definition) is 2. The van der Waals surface area contributed by atoms with E-state index in [2.05, 4.69) is 4.74 Å². The molecule has 0 bridgehead atoms. The van der Waals surface area contributed by atoms with E-state index in [-0.39, 0.29) is 17.7 Å².